The van der Waals surface area contributed by atoms with Crippen molar-refractivity contribution < 1.29 is 12.6 Å². The predicted octanol–water partition coefficient (Wildman–Crippen LogP) is 1.50. The number of thiol groups is 1. The molecule has 0 N–H and O–H groups in total. The highest BCUT2D eigenvalue weighted by Gasteiger charge is 2.21. The molecule has 0 aromatic heterocycles. The second-order valence-corrected chi connectivity index (χ2v) is 4.85. The zero-order valence-corrected chi connectivity index (χ0v) is 11.4. The van der Waals surface area contributed by atoms with Gasteiger partial charge >= 0.3 is 0 Å². The van der Waals surface area contributed by atoms with E-state index in [-0.39, 0.29) is 6.23 Å². The molecule has 1 aliphatic heterocycles. The summed E-state index contributed by atoms with van der Waals surface area (Å²) in [5.41, 5.74) is 0. The van der Waals surface area contributed by atoms with Gasteiger partial charge in [-0.2, -0.15) is 0 Å². The lowest BCUT2D eigenvalue weighted by Gasteiger charge is -2.27. The van der Waals surface area contributed by atoms with Gasteiger partial charge in [0.15, 0.2) is 0 Å². The summed E-state index contributed by atoms with van der Waals surface area (Å²) in [7, 11) is -2.79. The topological polar surface area (TPSA) is 49.9 Å². The second kappa shape index (κ2) is 7.55. The molecule has 0 saturated carbocycles. The Labute approximate surface area is 105 Å². The highest BCUT2D eigenvalue weighted by Crippen LogP contribution is 2.16. The molecule has 0 bridgehead atoms. The molecule has 0 aromatic carbocycles. The van der Waals surface area contributed by atoms with Crippen LogP contribution in [-0.2, 0) is 15.2 Å². The van der Waals surface area contributed by atoms with Gasteiger partial charge in [0.2, 0.25) is 0 Å². The van der Waals surface area contributed by atoms with E-state index >= 15 is 0 Å². The number of hydrogen-bond acceptors (Lipinski definition) is 5. The van der Waals surface area contributed by atoms with Crippen LogP contribution in [0, 0.1) is 0 Å². The minimum absolute atomic E-state index is 0.357. The van der Waals surface area contributed by atoms with Crippen LogP contribution in [0.5, 0.6) is 0 Å². The van der Waals surface area contributed by atoms with Gasteiger partial charge in [0, 0.05) is 18.9 Å². The molecule has 0 radical (unpaired) electrons. The van der Waals surface area contributed by atoms with Gasteiger partial charge in [0.05, 0.1) is 6.67 Å². The molecule has 17 heavy (non-hydrogen) atoms. The Morgan fingerprint density at radius 2 is 2.06 bits per heavy atom. The summed E-state index contributed by atoms with van der Waals surface area (Å²) in [6, 6.07) is 0. The molecular weight excluding hydrogens is 240 g/mol. The van der Waals surface area contributed by atoms with Crippen molar-refractivity contribution in [3.8, 4) is 0 Å². The molecule has 1 aliphatic rings. The fourth-order valence-corrected chi connectivity index (χ4v) is 2.23. The van der Waals surface area contributed by atoms with Crippen molar-refractivity contribution in [1.29, 1.82) is 0 Å². The number of rotatable bonds is 8. The summed E-state index contributed by atoms with van der Waals surface area (Å²) in [6.07, 6.45) is 7.47. The largest absolute Gasteiger partial charge is 0.358 e. The molecule has 5 nitrogen and oxygen atoms in total. The van der Waals surface area contributed by atoms with E-state index in [0.717, 1.165) is 32.2 Å². The third-order valence-corrected chi connectivity index (χ3v) is 3.14. The molecule has 0 aliphatic carbocycles. The van der Waals surface area contributed by atoms with Gasteiger partial charge in [-0.15, -0.1) is 0 Å². The number of nitrogens with zero attached hydrogens (tertiary/aromatic N) is 2. The van der Waals surface area contributed by atoms with E-state index in [4.69, 9.17) is 4.18 Å². The average molecular weight is 262 g/mol. The van der Waals surface area contributed by atoms with Crippen LogP contribution in [0.25, 0.3) is 0 Å². The summed E-state index contributed by atoms with van der Waals surface area (Å²) in [6.45, 7) is 5.89. The average Bonchev–Trinajstić information content (AvgIpc) is 2.73. The molecule has 6 heteroatoms. The summed E-state index contributed by atoms with van der Waals surface area (Å²) in [5.74, 6) is 0. The van der Waals surface area contributed by atoms with Crippen LogP contribution in [0.15, 0.2) is 12.4 Å². The number of hydrogen-bond donors (Lipinski definition) is 1. The van der Waals surface area contributed by atoms with Crippen molar-refractivity contribution in [3.63, 3.8) is 0 Å². The van der Waals surface area contributed by atoms with Gasteiger partial charge in [-0.25, -0.2) is 12.6 Å². The molecule has 0 spiro atoms. The van der Waals surface area contributed by atoms with Crippen LogP contribution < -0.4 is 0 Å². The molecule has 100 valence electrons. The van der Waals surface area contributed by atoms with Crippen LogP contribution in [0.3, 0.4) is 0 Å². The van der Waals surface area contributed by atoms with E-state index < -0.39 is 11.0 Å². The van der Waals surface area contributed by atoms with Gasteiger partial charge in [-0.3, -0.25) is 0 Å². The van der Waals surface area contributed by atoms with Crippen LogP contribution in [-0.4, -0.2) is 37.7 Å². The quantitative estimate of drug-likeness (QED) is 0.672. The normalized spacial score (nSPS) is 17.1. The maximum Gasteiger partial charge on any atom is 0.259 e. The SMILES string of the molecule is CCCCN1C=CN(C(CCC)O[SH](=O)=O)C1. The Hall–Kier alpha value is -0.750. The molecular formula is C11H22N2O3S. The van der Waals surface area contributed by atoms with Crippen LogP contribution in [0.2, 0.25) is 0 Å². The smallest absolute Gasteiger partial charge is 0.259 e. The lowest BCUT2D eigenvalue weighted by atomic mass is 10.3. The van der Waals surface area contributed by atoms with Gasteiger partial charge in [0.1, 0.15) is 6.23 Å². The van der Waals surface area contributed by atoms with Gasteiger partial charge < -0.3 is 9.80 Å². The first-order chi connectivity index (χ1) is 8.17. The molecule has 1 unspecified atom stereocenters. The van der Waals surface area contributed by atoms with Gasteiger partial charge in [0.25, 0.3) is 11.0 Å². The van der Waals surface area contributed by atoms with Crippen molar-refractivity contribution in [2.45, 2.75) is 45.8 Å². The van der Waals surface area contributed by atoms with Crippen LogP contribution in [0.4, 0.5) is 0 Å². The maximum atomic E-state index is 10.6. The summed E-state index contributed by atoms with van der Waals surface area (Å²) < 4.78 is 26.2. The van der Waals surface area contributed by atoms with Crippen molar-refractivity contribution in [2.24, 2.45) is 0 Å². The fourth-order valence-electron chi connectivity index (χ4n) is 1.80. The highest BCUT2D eigenvalue weighted by atomic mass is 32.2. The summed E-state index contributed by atoms with van der Waals surface area (Å²) in [5, 5.41) is 0. The van der Waals surface area contributed by atoms with E-state index in [1.165, 1.54) is 0 Å². The first kappa shape index (κ1) is 14.3. The van der Waals surface area contributed by atoms with Crippen LogP contribution >= 0.6 is 0 Å². The summed E-state index contributed by atoms with van der Waals surface area (Å²) >= 11 is 0. The fraction of sp³-hybridized carbons (Fsp3) is 0.818. The molecule has 0 saturated heterocycles. The Bertz CT molecular complexity index is 310. The van der Waals surface area contributed by atoms with Crippen molar-refractivity contribution >= 4 is 11.0 Å². The van der Waals surface area contributed by atoms with Crippen molar-refractivity contribution in [3.05, 3.63) is 12.4 Å². The zero-order valence-electron chi connectivity index (χ0n) is 10.5. The molecule has 1 atom stereocenters. The predicted molar refractivity (Wildman–Crippen MR) is 67.6 cm³/mol. The maximum absolute atomic E-state index is 10.6. The molecule has 0 amide bonds. The molecule has 1 heterocycles. The lowest BCUT2D eigenvalue weighted by molar-refractivity contribution is 0.0493. The first-order valence-electron chi connectivity index (χ1n) is 6.16. The van der Waals surface area contributed by atoms with E-state index in [2.05, 4.69) is 11.8 Å². The summed E-state index contributed by atoms with van der Waals surface area (Å²) in [4.78, 5) is 4.11. The highest BCUT2D eigenvalue weighted by molar-refractivity contribution is 7.67. The Morgan fingerprint density at radius 1 is 1.29 bits per heavy atom. The Kier molecular flexibility index (Phi) is 6.36. The minimum Gasteiger partial charge on any atom is -0.358 e. The van der Waals surface area contributed by atoms with Gasteiger partial charge in [-0.1, -0.05) is 26.7 Å². The zero-order chi connectivity index (χ0) is 12.7. The van der Waals surface area contributed by atoms with Gasteiger partial charge in [-0.05, 0) is 12.8 Å². The Morgan fingerprint density at radius 3 is 2.65 bits per heavy atom. The molecule has 0 aromatic rings. The van der Waals surface area contributed by atoms with Crippen LogP contribution in [0.1, 0.15) is 39.5 Å². The number of unbranched alkanes of at least 4 members (excludes halogenated alkanes) is 1. The Balaban J connectivity index is 2.45. The third-order valence-electron chi connectivity index (χ3n) is 2.73. The monoisotopic (exact) mass is 262 g/mol. The molecule has 0 fully saturated rings. The lowest BCUT2D eigenvalue weighted by Crippen LogP contribution is -2.35. The van der Waals surface area contributed by atoms with Crippen molar-refractivity contribution in [2.75, 3.05) is 13.2 Å². The van der Waals surface area contributed by atoms with E-state index in [9.17, 15) is 8.42 Å². The molecule has 1 rings (SSSR count). The first-order valence-corrected chi connectivity index (χ1v) is 7.26. The van der Waals surface area contributed by atoms with E-state index in [1.807, 2.05) is 24.2 Å². The standard InChI is InChI=1S/C11H22N2O3S/c1-3-5-7-12-8-9-13(10-12)11(6-4-2)16-17(14)15/h8-9,11,17H,3-7,10H2,1-2H3. The van der Waals surface area contributed by atoms with Crippen molar-refractivity contribution in [1.82, 2.24) is 9.80 Å². The van der Waals surface area contributed by atoms with E-state index in [0.29, 0.717) is 6.67 Å². The second-order valence-electron chi connectivity index (χ2n) is 4.19. The van der Waals surface area contributed by atoms with E-state index in [1.54, 1.807) is 0 Å². The minimum atomic E-state index is -2.79. The third kappa shape index (κ3) is 4.95.